The molecular formula is C35H40BrFN2O5S. The van der Waals surface area contributed by atoms with E-state index in [1.165, 1.54) is 29.9 Å². The second-order valence-corrected chi connectivity index (χ2v) is 14.4. The van der Waals surface area contributed by atoms with E-state index in [0.717, 1.165) is 45.9 Å². The third-order valence-corrected chi connectivity index (χ3v) is 10.3. The number of ketones is 1. The molecule has 5 rings (SSSR count). The lowest BCUT2D eigenvalue weighted by atomic mass is 9.92. The number of thiazole rings is 1. The maximum Gasteiger partial charge on any atom is 0.310 e. The number of rotatable bonds is 15. The molecule has 2 heterocycles. The van der Waals surface area contributed by atoms with Crippen LogP contribution in [0.1, 0.15) is 75.8 Å². The van der Waals surface area contributed by atoms with Crippen LogP contribution in [0.25, 0.3) is 10.2 Å². The van der Waals surface area contributed by atoms with E-state index < -0.39 is 23.5 Å². The van der Waals surface area contributed by atoms with Crippen LogP contribution >= 0.6 is 27.3 Å². The van der Waals surface area contributed by atoms with Gasteiger partial charge in [0, 0.05) is 23.7 Å². The van der Waals surface area contributed by atoms with Crippen LogP contribution in [-0.2, 0) is 20.8 Å². The summed E-state index contributed by atoms with van der Waals surface area (Å²) < 4.78 is 22.1. The van der Waals surface area contributed by atoms with Crippen LogP contribution in [0.5, 0.6) is 5.19 Å². The molecule has 1 aromatic heterocycles. The van der Waals surface area contributed by atoms with Gasteiger partial charge >= 0.3 is 5.97 Å². The van der Waals surface area contributed by atoms with Crippen molar-refractivity contribution >= 4 is 55.1 Å². The number of aromatic nitrogens is 1. The molecule has 0 spiro atoms. The first kappa shape index (κ1) is 33.3. The van der Waals surface area contributed by atoms with Crippen LogP contribution in [0, 0.1) is 24.1 Å². The smallest absolute Gasteiger partial charge is 0.310 e. The fourth-order valence-electron chi connectivity index (χ4n) is 6.37. The van der Waals surface area contributed by atoms with Gasteiger partial charge in [-0.3, -0.25) is 14.4 Å². The zero-order chi connectivity index (χ0) is 32.1. The Kier molecular flexibility index (Phi) is 10.7. The van der Waals surface area contributed by atoms with Gasteiger partial charge in [-0.1, -0.05) is 71.7 Å². The number of unbranched alkanes of at least 4 members (excludes halogenated alkanes) is 4. The highest BCUT2D eigenvalue weighted by Gasteiger charge is 2.61. The minimum atomic E-state index is -1.13. The number of halogens is 2. The summed E-state index contributed by atoms with van der Waals surface area (Å²) in [5.74, 6) is -2.01. The third-order valence-electron chi connectivity index (χ3n) is 8.92. The van der Waals surface area contributed by atoms with Crippen molar-refractivity contribution in [3.8, 4) is 5.19 Å². The van der Waals surface area contributed by atoms with Gasteiger partial charge in [0.1, 0.15) is 11.9 Å². The number of allylic oxidation sites excluding steroid dienone is 2. The standard InChI is InChI=1S/C35H40BrFN2O5S/c1-3-4-5-6-7-8-9-24-19-35(24,33(42)43)20-30(40)29-18-27(44-34-38-28-12-11-25(36)17-31(28)45-34)21-39(29)32(41)13-10-23-14-22(2)15-26(37)16-23/h8-9,11-12,14-17,24,27,29H,3-7,10,13,18-21H2,1-2H3,(H,42,43)/b9-8-/t24-,27-,29+,35-/m1/s1. The molecule has 0 unspecified atom stereocenters. The van der Waals surface area contributed by atoms with Gasteiger partial charge in [0.15, 0.2) is 5.78 Å². The molecule has 45 heavy (non-hydrogen) atoms. The number of amides is 1. The van der Waals surface area contributed by atoms with E-state index >= 15 is 0 Å². The molecule has 1 aliphatic carbocycles. The number of benzene rings is 2. The highest BCUT2D eigenvalue weighted by molar-refractivity contribution is 9.10. The fourth-order valence-corrected chi connectivity index (χ4v) is 7.81. The number of carbonyl (C=O) groups excluding carboxylic acids is 2. The molecule has 2 fully saturated rings. The highest BCUT2D eigenvalue weighted by Crippen LogP contribution is 2.57. The zero-order valence-electron chi connectivity index (χ0n) is 25.8. The Balaban J connectivity index is 1.29. The first-order chi connectivity index (χ1) is 21.6. The summed E-state index contributed by atoms with van der Waals surface area (Å²) in [6.07, 6.45) is 9.98. The van der Waals surface area contributed by atoms with E-state index in [4.69, 9.17) is 4.74 Å². The number of Topliss-reactive ketones (excluding diaryl/α,β-unsaturated/α-hetero) is 1. The Morgan fingerprint density at radius 2 is 2.02 bits per heavy atom. The second-order valence-electron chi connectivity index (χ2n) is 12.5. The lowest BCUT2D eigenvalue weighted by Crippen LogP contribution is -2.42. The van der Waals surface area contributed by atoms with Crippen molar-refractivity contribution in [2.45, 2.75) is 90.2 Å². The highest BCUT2D eigenvalue weighted by atomic mass is 79.9. The SMILES string of the molecule is CCCCCC/C=C\[C@@H]1C[C@]1(CC(=O)[C@@H]1C[C@@H](Oc2nc3ccc(Br)cc3s2)CN1C(=O)CCc1cc(C)cc(F)c1)C(=O)O. The number of hydrogen-bond acceptors (Lipinski definition) is 6. The first-order valence-corrected chi connectivity index (χ1v) is 17.4. The van der Waals surface area contributed by atoms with Crippen molar-refractivity contribution in [2.75, 3.05) is 6.54 Å². The Hall–Kier alpha value is -3.11. The van der Waals surface area contributed by atoms with E-state index in [2.05, 4.69) is 33.9 Å². The number of carboxylic acid groups (broad SMARTS) is 1. The van der Waals surface area contributed by atoms with Crippen molar-refractivity contribution in [1.82, 2.24) is 9.88 Å². The molecule has 1 saturated carbocycles. The van der Waals surface area contributed by atoms with Gasteiger partial charge in [-0.15, -0.1) is 0 Å². The normalized spacial score (nSPS) is 22.8. The van der Waals surface area contributed by atoms with Crippen LogP contribution in [0.3, 0.4) is 0 Å². The molecule has 1 aliphatic heterocycles. The number of ether oxygens (including phenoxy) is 1. The largest absolute Gasteiger partial charge is 0.481 e. The van der Waals surface area contributed by atoms with E-state index in [0.29, 0.717) is 23.6 Å². The van der Waals surface area contributed by atoms with Crippen LogP contribution in [0.15, 0.2) is 53.0 Å². The quantitative estimate of drug-likeness (QED) is 0.127. The molecule has 0 radical (unpaired) electrons. The average Bonchev–Trinajstić information content (AvgIpc) is 3.30. The number of fused-ring (bicyclic) bond motifs is 1. The van der Waals surface area contributed by atoms with Gasteiger partial charge < -0.3 is 14.7 Å². The van der Waals surface area contributed by atoms with E-state index in [-0.39, 0.29) is 49.2 Å². The molecule has 1 amide bonds. The molecule has 1 N–H and O–H groups in total. The van der Waals surface area contributed by atoms with Crippen LogP contribution < -0.4 is 4.74 Å². The molecule has 2 aliphatic rings. The summed E-state index contributed by atoms with van der Waals surface area (Å²) in [6.45, 7) is 4.16. The van der Waals surface area contributed by atoms with Gasteiger partial charge in [-0.2, -0.15) is 0 Å². The van der Waals surface area contributed by atoms with Gasteiger partial charge in [0.2, 0.25) is 5.91 Å². The average molecular weight is 700 g/mol. The van der Waals surface area contributed by atoms with Crippen molar-refractivity contribution in [2.24, 2.45) is 11.3 Å². The fraction of sp³-hybridized carbons (Fsp3) is 0.486. The number of carbonyl (C=O) groups is 3. The first-order valence-electron chi connectivity index (χ1n) is 15.8. The van der Waals surface area contributed by atoms with Crippen LogP contribution in [0.4, 0.5) is 4.39 Å². The molecule has 10 heteroatoms. The number of aliphatic carboxylic acids is 1. The van der Waals surface area contributed by atoms with Crippen molar-refractivity contribution < 1.29 is 28.6 Å². The predicted molar refractivity (Wildman–Crippen MR) is 177 cm³/mol. The van der Waals surface area contributed by atoms with E-state index in [9.17, 15) is 23.9 Å². The minimum Gasteiger partial charge on any atom is -0.481 e. The Labute approximate surface area is 276 Å². The molecule has 240 valence electrons. The van der Waals surface area contributed by atoms with Gasteiger partial charge in [0.25, 0.3) is 5.19 Å². The minimum absolute atomic E-state index is 0.0992. The monoisotopic (exact) mass is 698 g/mol. The van der Waals surface area contributed by atoms with Crippen molar-refractivity contribution in [3.05, 3.63) is 70.0 Å². The summed E-state index contributed by atoms with van der Waals surface area (Å²) in [6, 6.07) is 9.67. The number of likely N-dealkylation sites (tertiary alicyclic amines) is 1. The lowest BCUT2D eigenvalue weighted by Gasteiger charge is -2.24. The van der Waals surface area contributed by atoms with Gasteiger partial charge in [-0.05, 0) is 80.0 Å². The van der Waals surface area contributed by atoms with Crippen molar-refractivity contribution in [3.63, 3.8) is 0 Å². The number of nitrogens with zero attached hydrogens (tertiary/aromatic N) is 2. The zero-order valence-corrected chi connectivity index (χ0v) is 28.2. The molecule has 4 atom stereocenters. The predicted octanol–water partition coefficient (Wildman–Crippen LogP) is 8.06. The molecular weight excluding hydrogens is 659 g/mol. The van der Waals surface area contributed by atoms with E-state index in [1.54, 1.807) is 11.8 Å². The molecule has 7 nitrogen and oxygen atoms in total. The van der Waals surface area contributed by atoms with Crippen molar-refractivity contribution in [1.29, 1.82) is 0 Å². The Morgan fingerprint density at radius 1 is 1.20 bits per heavy atom. The number of carboxylic acids is 1. The summed E-state index contributed by atoms with van der Waals surface area (Å²) in [4.78, 5) is 46.0. The van der Waals surface area contributed by atoms with E-state index in [1.807, 2.05) is 30.3 Å². The summed E-state index contributed by atoms with van der Waals surface area (Å²) in [5.41, 5.74) is 1.15. The molecule has 2 aromatic carbocycles. The lowest BCUT2D eigenvalue weighted by molar-refractivity contribution is -0.147. The molecule has 0 bridgehead atoms. The summed E-state index contributed by atoms with van der Waals surface area (Å²) in [5, 5.41) is 10.6. The number of aryl methyl sites for hydroxylation is 2. The topological polar surface area (TPSA) is 96.8 Å². The second kappa shape index (κ2) is 14.5. The maximum absolute atomic E-state index is 14.0. The third kappa shape index (κ3) is 8.19. The van der Waals surface area contributed by atoms with Gasteiger partial charge in [-0.25, -0.2) is 9.37 Å². The van der Waals surface area contributed by atoms with Crippen LogP contribution in [-0.4, -0.2) is 51.3 Å². The summed E-state index contributed by atoms with van der Waals surface area (Å²) >= 11 is 4.87. The Morgan fingerprint density at radius 3 is 2.78 bits per heavy atom. The summed E-state index contributed by atoms with van der Waals surface area (Å²) in [7, 11) is 0. The molecule has 1 saturated heterocycles. The number of hydrogen-bond donors (Lipinski definition) is 1. The Bertz CT molecular complexity index is 1570. The van der Waals surface area contributed by atoms with Gasteiger partial charge in [0.05, 0.1) is 28.2 Å². The van der Waals surface area contributed by atoms with Crippen LogP contribution in [0.2, 0.25) is 0 Å². The maximum atomic E-state index is 14.0. The molecule has 3 aromatic rings.